The van der Waals surface area contributed by atoms with E-state index in [0.717, 1.165) is 83.5 Å². The zero-order valence-electron chi connectivity index (χ0n) is 59.8. The lowest BCUT2D eigenvalue weighted by Crippen LogP contribution is -2.66. The smallest absolute Gasteiger partial charge is 0.220 e. The highest BCUT2D eigenvalue weighted by Gasteiger charge is 2.53. The first-order valence-electron chi connectivity index (χ1n) is 38.3. The van der Waals surface area contributed by atoms with Gasteiger partial charge in [0.05, 0.1) is 38.6 Å². The van der Waals surface area contributed by atoms with Crippen molar-refractivity contribution in [1.29, 1.82) is 0 Å². The molecule has 0 bridgehead atoms. The molecule has 0 spiro atoms. The van der Waals surface area contributed by atoms with Crippen LogP contribution in [-0.4, -0.2) is 193 Å². The Balaban J connectivity index is 1.41. The summed E-state index contributed by atoms with van der Waals surface area (Å²) in [5.41, 5.74) is 0. The molecule has 1 amide bonds. The van der Waals surface area contributed by atoms with Gasteiger partial charge in [-0.25, -0.2) is 0 Å². The van der Waals surface area contributed by atoms with Crippen LogP contribution in [0.5, 0.6) is 0 Å². The number of ether oxygens (including phenoxy) is 6. The summed E-state index contributed by atoms with van der Waals surface area (Å²) >= 11 is 0. The van der Waals surface area contributed by atoms with Crippen LogP contribution >= 0.6 is 0 Å². The first-order chi connectivity index (χ1) is 47.3. The summed E-state index contributed by atoms with van der Waals surface area (Å²) in [6.45, 7) is 1.62. The van der Waals surface area contributed by atoms with Crippen LogP contribution in [0.2, 0.25) is 0 Å². The third-order valence-electron chi connectivity index (χ3n) is 18.7. The van der Waals surface area contributed by atoms with Crippen molar-refractivity contribution in [1.82, 2.24) is 5.32 Å². The van der Waals surface area contributed by atoms with Gasteiger partial charge in [-0.3, -0.25) is 4.79 Å². The first kappa shape index (κ1) is 88.2. The van der Waals surface area contributed by atoms with Gasteiger partial charge in [0.15, 0.2) is 18.9 Å². The zero-order chi connectivity index (χ0) is 70.4. The third kappa shape index (κ3) is 39.3. The van der Waals surface area contributed by atoms with Gasteiger partial charge in [0, 0.05) is 6.42 Å². The Labute approximate surface area is 584 Å². The van der Waals surface area contributed by atoms with Crippen LogP contribution < -0.4 is 5.32 Å². The fourth-order valence-corrected chi connectivity index (χ4v) is 12.5. The van der Waals surface area contributed by atoms with Crippen molar-refractivity contribution in [3.8, 4) is 0 Å². The fourth-order valence-electron chi connectivity index (χ4n) is 12.5. The molecule has 17 unspecified atom stereocenters. The van der Waals surface area contributed by atoms with Gasteiger partial charge in [-0.1, -0.05) is 272 Å². The molecule has 3 heterocycles. The molecule has 0 aromatic carbocycles. The Morgan fingerprint density at radius 2 is 0.722 bits per heavy atom. The Kier molecular flexibility index (Phi) is 53.2. The van der Waals surface area contributed by atoms with E-state index in [1.54, 1.807) is 6.08 Å². The van der Waals surface area contributed by atoms with Gasteiger partial charge in [-0.2, -0.15) is 0 Å². The number of aliphatic hydroxyl groups excluding tert-OH is 11. The number of hydrogen-bond acceptors (Lipinski definition) is 18. The van der Waals surface area contributed by atoms with E-state index in [0.29, 0.717) is 12.8 Å². The van der Waals surface area contributed by atoms with E-state index in [1.807, 2.05) is 6.08 Å². The highest BCUT2D eigenvalue weighted by molar-refractivity contribution is 5.76. The normalized spacial score (nSPS) is 27.4. The van der Waals surface area contributed by atoms with Crippen LogP contribution in [0.1, 0.15) is 271 Å². The summed E-state index contributed by atoms with van der Waals surface area (Å²) in [6.07, 6.45) is 49.9. The monoisotopic (exact) mass is 1380 g/mol. The first-order valence-corrected chi connectivity index (χ1v) is 38.3. The number of nitrogens with one attached hydrogen (secondary N) is 1. The second-order valence-electron chi connectivity index (χ2n) is 27.1. The van der Waals surface area contributed by atoms with Crippen molar-refractivity contribution in [2.75, 3.05) is 26.4 Å². The molecule has 0 aromatic rings. The molecule has 562 valence electrons. The Hall–Kier alpha value is -3.03. The molecule has 0 aromatic heterocycles. The molecule has 0 aliphatic carbocycles. The molecule has 97 heavy (non-hydrogen) atoms. The molecule has 12 N–H and O–H groups in total. The molecule has 3 saturated heterocycles. The summed E-state index contributed by atoms with van der Waals surface area (Å²) in [7, 11) is 0. The molecular formula is C78H137NO18. The Morgan fingerprint density at radius 3 is 1.15 bits per heavy atom. The summed E-state index contributed by atoms with van der Waals surface area (Å²) in [5, 5.41) is 121. The molecule has 0 radical (unpaired) electrons. The van der Waals surface area contributed by atoms with Crippen LogP contribution in [0.15, 0.2) is 85.1 Å². The summed E-state index contributed by atoms with van der Waals surface area (Å²) in [4.78, 5) is 13.5. The number of allylic oxidation sites excluding steroid dienone is 13. The van der Waals surface area contributed by atoms with Gasteiger partial charge in [-0.15, -0.1) is 0 Å². The van der Waals surface area contributed by atoms with Crippen molar-refractivity contribution in [2.45, 2.75) is 375 Å². The molecule has 3 aliphatic rings. The molecular weight excluding hydrogens is 1240 g/mol. The van der Waals surface area contributed by atoms with E-state index in [-0.39, 0.29) is 18.9 Å². The van der Waals surface area contributed by atoms with Crippen LogP contribution in [0.4, 0.5) is 0 Å². The number of unbranched alkanes of at least 4 members (excludes halogenated alkanes) is 31. The molecule has 17 atom stereocenters. The largest absolute Gasteiger partial charge is 0.394 e. The topological polar surface area (TPSA) is 307 Å². The maximum atomic E-state index is 13.5. The second kappa shape index (κ2) is 58.5. The van der Waals surface area contributed by atoms with Crippen LogP contribution in [0, 0.1) is 0 Å². The lowest BCUT2D eigenvalue weighted by Gasteiger charge is -2.48. The van der Waals surface area contributed by atoms with Gasteiger partial charge in [0.2, 0.25) is 5.91 Å². The van der Waals surface area contributed by atoms with Crippen molar-refractivity contribution in [3.05, 3.63) is 85.1 Å². The third-order valence-corrected chi connectivity index (χ3v) is 18.7. The molecule has 19 nitrogen and oxygen atoms in total. The van der Waals surface area contributed by atoms with Crippen molar-refractivity contribution in [2.24, 2.45) is 0 Å². The maximum Gasteiger partial charge on any atom is 0.220 e. The minimum atomic E-state index is -1.98. The van der Waals surface area contributed by atoms with E-state index in [9.17, 15) is 61.0 Å². The maximum absolute atomic E-state index is 13.5. The minimum absolute atomic E-state index is 0.230. The molecule has 3 rings (SSSR count). The molecule has 19 heteroatoms. The van der Waals surface area contributed by atoms with Crippen LogP contribution in [0.3, 0.4) is 0 Å². The number of rotatable bonds is 59. The van der Waals surface area contributed by atoms with Gasteiger partial charge in [-0.05, 0) is 77.0 Å². The van der Waals surface area contributed by atoms with Gasteiger partial charge in [0.25, 0.3) is 0 Å². The van der Waals surface area contributed by atoms with E-state index in [4.69, 9.17) is 28.4 Å². The zero-order valence-corrected chi connectivity index (χ0v) is 59.8. The molecule has 3 fully saturated rings. The number of hydrogen-bond donors (Lipinski definition) is 12. The van der Waals surface area contributed by atoms with Crippen molar-refractivity contribution in [3.63, 3.8) is 0 Å². The van der Waals surface area contributed by atoms with Crippen molar-refractivity contribution < 1.29 is 89.4 Å². The highest BCUT2D eigenvalue weighted by atomic mass is 16.8. The number of carbonyl (C=O) groups is 1. The lowest BCUT2D eigenvalue weighted by molar-refractivity contribution is -0.379. The standard InChI is InChI=1S/C78H137NO18/c1-3-5-7-9-11-13-15-17-19-21-23-25-27-28-29-30-31-32-34-36-38-40-42-44-46-48-50-52-54-56-66(84)79-61(62(83)55-53-51-49-47-45-43-41-39-37-35-33-26-24-22-20-18-16-14-12-10-8-6-4-2)60-92-76-72(90)69(87)74(64(58-81)94-76)97-78-73(91)70(88)75(65(59-82)95-78)96-77-71(89)68(86)67(85)63(57-80)93-77/h5,7,11,13,17,19,23,25,28-29,45,47,53,55,61-65,67-78,80-83,85-91H,3-4,6,8-10,12,14-16,18,20-22,24,26-27,30-44,46,48-52,54,56-60H2,1-2H3,(H,79,84)/b7-5-,13-11-,19-17-,25-23-,29-28-,47-45+,55-53+. The van der Waals surface area contributed by atoms with Gasteiger partial charge >= 0.3 is 0 Å². The summed E-state index contributed by atoms with van der Waals surface area (Å²) in [6, 6.07) is -0.996. The van der Waals surface area contributed by atoms with E-state index < -0.39 is 124 Å². The lowest BCUT2D eigenvalue weighted by atomic mass is 9.96. The van der Waals surface area contributed by atoms with Gasteiger partial charge in [0.1, 0.15) is 73.2 Å². The molecule has 3 aliphatic heterocycles. The number of carbonyl (C=O) groups excluding carboxylic acids is 1. The second-order valence-corrected chi connectivity index (χ2v) is 27.1. The predicted molar refractivity (Wildman–Crippen MR) is 383 cm³/mol. The summed E-state index contributed by atoms with van der Waals surface area (Å²) < 4.78 is 34.4. The molecule has 0 saturated carbocycles. The minimum Gasteiger partial charge on any atom is -0.394 e. The van der Waals surface area contributed by atoms with Gasteiger partial charge < -0.3 is 89.9 Å². The number of aliphatic hydroxyl groups is 11. The number of amides is 1. The van der Waals surface area contributed by atoms with Crippen LogP contribution in [-0.2, 0) is 33.2 Å². The SMILES string of the molecule is CC/C=C\C/C=C\C/C=C\C/C=C\C/C=C\CCCCCCCCCCCCCCCC(=O)NC(COC1OC(CO)C(OC2OC(CO)C(OC3OC(CO)C(O)C(O)C3O)C(O)C2O)C(O)C1O)C(O)/C=C/CC/C=C/CCCCCCCCCCCCCCCCCCC. The van der Waals surface area contributed by atoms with Crippen LogP contribution in [0.25, 0.3) is 0 Å². The Bertz CT molecular complexity index is 2080. The highest BCUT2D eigenvalue weighted by Crippen LogP contribution is 2.33. The van der Waals surface area contributed by atoms with Crippen molar-refractivity contribution >= 4 is 5.91 Å². The average molecular weight is 1380 g/mol. The van der Waals surface area contributed by atoms with E-state index in [2.05, 4.69) is 92.1 Å². The Morgan fingerprint density at radius 1 is 0.381 bits per heavy atom. The quantitative estimate of drug-likeness (QED) is 0.0199. The van der Waals surface area contributed by atoms with E-state index in [1.165, 1.54) is 154 Å². The van der Waals surface area contributed by atoms with E-state index >= 15 is 0 Å². The summed E-state index contributed by atoms with van der Waals surface area (Å²) in [5.74, 6) is -0.287. The average Bonchev–Trinajstić information content (AvgIpc) is 0.789. The predicted octanol–water partition coefficient (Wildman–Crippen LogP) is 11.8. The fraction of sp³-hybridized carbons (Fsp3) is 0.808.